The van der Waals surface area contributed by atoms with E-state index in [1.807, 2.05) is 6.08 Å². The first kappa shape index (κ1) is 13.0. The second-order valence-corrected chi connectivity index (χ2v) is 4.42. The molecular formula is C14H22O2. The quantitative estimate of drug-likeness (QED) is 0.462. The molecule has 2 heteroatoms. The molecule has 1 heterocycles. The van der Waals surface area contributed by atoms with Gasteiger partial charge < -0.3 is 4.74 Å². The smallest absolute Gasteiger partial charge is 0.309 e. The summed E-state index contributed by atoms with van der Waals surface area (Å²) in [7, 11) is 0. The van der Waals surface area contributed by atoms with Crippen LogP contribution in [0.1, 0.15) is 45.4 Å². The minimum atomic E-state index is -0.101. The van der Waals surface area contributed by atoms with Crippen molar-refractivity contribution in [3.8, 4) is 0 Å². The largest absolute Gasteiger partial charge is 0.465 e. The number of esters is 1. The molecule has 0 fully saturated rings. The Hall–Kier alpha value is -1.05. The molecule has 0 aliphatic carbocycles. The summed E-state index contributed by atoms with van der Waals surface area (Å²) in [6.45, 7) is 2.78. The van der Waals surface area contributed by atoms with Gasteiger partial charge in [-0.2, -0.15) is 0 Å². The molecule has 2 nitrogen and oxygen atoms in total. The number of allylic oxidation sites excluding steroid dienone is 3. The second kappa shape index (κ2) is 8.14. The minimum absolute atomic E-state index is 0.101. The van der Waals surface area contributed by atoms with Gasteiger partial charge in [0.1, 0.15) is 0 Å². The van der Waals surface area contributed by atoms with Crippen LogP contribution in [0.3, 0.4) is 0 Å². The van der Waals surface area contributed by atoms with E-state index in [0.29, 0.717) is 18.9 Å². The van der Waals surface area contributed by atoms with E-state index in [1.165, 1.54) is 6.42 Å². The van der Waals surface area contributed by atoms with Crippen LogP contribution in [0.5, 0.6) is 0 Å². The van der Waals surface area contributed by atoms with Crippen molar-refractivity contribution in [3.63, 3.8) is 0 Å². The number of carbonyl (C=O) groups is 1. The average molecular weight is 222 g/mol. The molecule has 0 N–H and O–H groups in total. The van der Waals surface area contributed by atoms with Crippen LogP contribution < -0.4 is 0 Å². The van der Waals surface area contributed by atoms with E-state index in [4.69, 9.17) is 4.74 Å². The molecule has 0 saturated heterocycles. The van der Waals surface area contributed by atoms with Gasteiger partial charge in [-0.1, -0.05) is 31.2 Å². The standard InChI is InChI=1S/C14H22O2/c1-13-9-7-5-3-2-4-6-8-10-14(15)16-12-11-13/h3,5-6,8,13H,2,4,7,9-12H2,1H3. The fraction of sp³-hybridized carbons (Fsp3) is 0.643. The summed E-state index contributed by atoms with van der Waals surface area (Å²) < 4.78 is 5.15. The van der Waals surface area contributed by atoms with Crippen molar-refractivity contribution in [2.24, 2.45) is 5.92 Å². The van der Waals surface area contributed by atoms with Gasteiger partial charge in [-0.05, 0) is 38.0 Å². The summed E-state index contributed by atoms with van der Waals surface area (Å²) in [6.07, 6.45) is 14.3. The molecule has 16 heavy (non-hydrogen) atoms. The maximum Gasteiger partial charge on any atom is 0.309 e. The fourth-order valence-corrected chi connectivity index (χ4v) is 1.68. The minimum Gasteiger partial charge on any atom is -0.465 e. The van der Waals surface area contributed by atoms with Gasteiger partial charge in [0.15, 0.2) is 0 Å². The molecule has 1 aliphatic heterocycles. The molecule has 0 spiro atoms. The number of carbonyl (C=O) groups excluding carboxylic acids is 1. The van der Waals surface area contributed by atoms with E-state index in [9.17, 15) is 4.79 Å². The van der Waals surface area contributed by atoms with E-state index in [2.05, 4.69) is 25.2 Å². The SMILES string of the molecule is CC1CCC=CCCC=CCC(=O)OCC1. The maximum absolute atomic E-state index is 11.3. The van der Waals surface area contributed by atoms with E-state index in [-0.39, 0.29) is 5.97 Å². The van der Waals surface area contributed by atoms with Crippen LogP contribution in [0.2, 0.25) is 0 Å². The summed E-state index contributed by atoms with van der Waals surface area (Å²) in [6, 6.07) is 0. The van der Waals surface area contributed by atoms with Gasteiger partial charge >= 0.3 is 5.97 Å². The molecule has 0 saturated carbocycles. The lowest BCUT2D eigenvalue weighted by atomic mass is 10.0. The van der Waals surface area contributed by atoms with Crippen LogP contribution in [0.25, 0.3) is 0 Å². The third-order valence-corrected chi connectivity index (χ3v) is 2.82. The molecular weight excluding hydrogens is 200 g/mol. The third kappa shape index (κ3) is 6.44. The van der Waals surface area contributed by atoms with Gasteiger partial charge in [0, 0.05) is 0 Å². The predicted octanol–water partition coefficient (Wildman–Crippen LogP) is 3.63. The van der Waals surface area contributed by atoms with Gasteiger partial charge in [0.25, 0.3) is 0 Å². The monoisotopic (exact) mass is 222 g/mol. The van der Waals surface area contributed by atoms with Crippen molar-refractivity contribution in [1.29, 1.82) is 0 Å². The summed E-state index contributed by atoms with van der Waals surface area (Å²) in [4.78, 5) is 11.3. The summed E-state index contributed by atoms with van der Waals surface area (Å²) in [5.41, 5.74) is 0. The Morgan fingerprint density at radius 2 is 1.75 bits per heavy atom. The van der Waals surface area contributed by atoms with Crippen molar-refractivity contribution >= 4 is 5.97 Å². The van der Waals surface area contributed by atoms with Gasteiger partial charge in [-0.15, -0.1) is 0 Å². The first-order valence-electron chi connectivity index (χ1n) is 6.24. The molecule has 90 valence electrons. The number of rotatable bonds is 0. The fourth-order valence-electron chi connectivity index (χ4n) is 1.68. The van der Waals surface area contributed by atoms with E-state index in [0.717, 1.165) is 25.7 Å². The summed E-state index contributed by atoms with van der Waals surface area (Å²) in [5.74, 6) is 0.534. The maximum atomic E-state index is 11.3. The van der Waals surface area contributed by atoms with Crippen LogP contribution in [-0.4, -0.2) is 12.6 Å². The number of hydrogen-bond donors (Lipinski definition) is 0. The predicted molar refractivity (Wildman–Crippen MR) is 66.1 cm³/mol. The normalized spacial score (nSPS) is 24.8. The molecule has 0 aromatic heterocycles. The Labute approximate surface area is 98.4 Å². The molecule has 1 unspecified atom stereocenters. The van der Waals surface area contributed by atoms with Crippen molar-refractivity contribution in [1.82, 2.24) is 0 Å². The van der Waals surface area contributed by atoms with Crippen molar-refractivity contribution in [2.45, 2.75) is 45.4 Å². The zero-order chi connectivity index (χ0) is 11.6. The molecule has 1 rings (SSSR count). The number of hydrogen-bond acceptors (Lipinski definition) is 2. The lowest BCUT2D eigenvalue weighted by Gasteiger charge is -2.10. The summed E-state index contributed by atoms with van der Waals surface area (Å²) >= 11 is 0. The third-order valence-electron chi connectivity index (χ3n) is 2.82. The van der Waals surface area contributed by atoms with Crippen molar-refractivity contribution in [2.75, 3.05) is 6.61 Å². The van der Waals surface area contributed by atoms with Gasteiger partial charge in [0.05, 0.1) is 13.0 Å². The molecule has 0 aromatic rings. The molecule has 1 atom stereocenters. The first-order chi connectivity index (χ1) is 7.79. The Bertz CT molecular complexity index is 253. The van der Waals surface area contributed by atoms with Crippen molar-refractivity contribution < 1.29 is 9.53 Å². The van der Waals surface area contributed by atoms with Crippen LogP contribution in [0.15, 0.2) is 24.3 Å². The highest BCUT2D eigenvalue weighted by molar-refractivity contribution is 5.71. The highest BCUT2D eigenvalue weighted by atomic mass is 16.5. The van der Waals surface area contributed by atoms with Gasteiger partial charge in [-0.3, -0.25) is 4.79 Å². The summed E-state index contributed by atoms with van der Waals surface area (Å²) in [5, 5.41) is 0. The van der Waals surface area contributed by atoms with Gasteiger partial charge in [0.2, 0.25) is 0 Å². The molecule has 0 bridgehead atoms. The van der Waals surface area contributed by atoms with Crippen molar-refractivity contribution in [3.05, 3.63) is 24.3 Å². The topological polar surface area (TPSA) is 26.3 Å². The first-order valence-corrected chi connectivity index (χ1v) is 6.24. The molecule has 1 aliphatic rings. The lowest BCUT2D eigenvalue weighted by Crippen LogP contribution is -2.07. The lowest BCUT2D eigenvalue weighted by molar-refractivity contribution is -0.142. The highest BCUT2D eigenvalue weighted by Gasteiger charge is 2.04. The molecule has 0 aromatic carbocycles. The number of ether oxygens (including phenoxy) is 1. The highest BCUT2D eigenvalue weighted by Crippen LogP contribution is 2.11. The zero-order valence-corrected chi connectivity index (χ0v) is 10.2. The van der Waals surface area contributed by atoms with Crippen LogP contribution in [0.4, 0.5) is 0 Å². The Morgan fingerprint density at radius 1 is 1.06 bits per heavy atom. The molecule has 0 amide bonds. The van der Waals surface area contributed by atoms with E-state index >= 15 is 0 Å². The van der Waals surface area contributed by atoms with Crippen LogP contribution in [-0.2, 0) is 9.53 Å². The van der Waals surface area contributed by atoms with Gasteiger partial charge in [-0.25, -0.2) is 0 Å². The Kier molecular flexibility index (Phi) is 6.62. The van der Waals surface area contributed by atoms with E-state index in [1.54, 1.807) is 0 Å². The second-order valence-electron chi connectivity index (χ2n) is 4.42. The van der Waals surface area contributed by atoms with Crippen LogP contribution >= 0.6 is 0 Å². The Balaban J connectivity index is 2.38. The zero-order valence-electron chi connectivity index (χ0n) is 10.2. The Morgan fingerprint density at radius 3 is 2.56 bits per heavy atom. The van der Waals surface area contributed by atoms with E-state index < -0.39 is 0 Å². The van der Waals surface area contributed by atoms with Crippen LogP contribution in [0, 0.1) is 5.92 Å². The number of cyclic esters (lactones) is 1. The average Bonchev–Trinajstić information content (AvgIpc) is 2.26. The molecule has 0 radical (unpaired) electrons.